The Kier molecular flexibility index (Phi) is 7.37. The molecule has 20 heavy (non-hydrogen) atoms. The number of hydrogen-bond donors (Lipinski definition) is 1. The molecule has 0 saturated heterocycles. The van der Waals surface area contributed by atoms with Gasteiger partial charge in [0.1, 0.15) is 16.5 Å². The predicted molar refractivity (Wildman–Crippen MR) is 87.7 cm³/mol. The maximum Gasteiger partial charge on any atom is 0.133 e. The molecular formula is C16H25NO2S. The number of rotatable bonds is 9. The summed E-state index contributed by atoms with van der Waals surface area (Å²) >= 11 is 5.06. The van der Waals surface area contributed by atoms with E-state index in [1.54, 1.807) is 7.11 Å². The van der Waals surface area contributed by atoms with Crippen LogP contribution in [0.15, 0.2) is 18.2 Å². The third-order valence-electron chi connectivity index (χ3n) is 3.25. The van der Waals surface area contributed by atoms with Crippen LogP contribution in [0.5, 0.6) is 11.5 Å². The highest BCUT2D eigenvalue weighted by atomic mass is 32.1. The first-order valence-corrected chi connectivity index (χ1v) is 7.63. The van der Waals surface area contributed by atoms with E-state index in [-0.39, 0.29) is 6.10 Å². The van der Waals surface area contributed by atoms with Gasteiger partial charge in [-0.05, 0) is 31.9 Å². The van der Waals surface area contributed by atoms with Crippen molar-refractivity contribution in [3.8, 4) is 11.5 Å². The highest BCUT2D eigenvalue weighted by Gasteiger charge is 2.11. The Morgan fingerprint density at radius 1 is 1.30 bits per heavy atom. The van der Waals surface area contributed by atoms with E-state index in [0.29, 0.717) is 10.7 Å². The predicted octanol–water partition coefficient (Wildman–Crippen LogP) is 4.07. The lowest BCUT2D eigenvalue weighted by Crippen LogP contribution is -2.16. The van der Waals surface area contributed by atoms with Crippen LogP contribution in [0.2, 0.25) is 0 Å². The summed E-state index contributed by atoms with van der Waals surface area (Å²) in [4.78, 5) is 0.348. The van der Waals surface area contributed by atoms with Crippen molar-refractivity contribution < 1.29 is 9.47 Å². The lowest BCUT2D eigenvalue weighted by atomic mass is 10.1. The highest BCUT2D eigenvalue weighted by Crippen LogP contribution is 2.26. The van der Waals surface area contributed by atoms with Gasteiger partial charge in [-0.2, -0.15) is 0 Å². The van der Waals surface area contributed by atoms with Crippen LogP contribution in [0.25, 0.3) is 0 Å². The van der Waals surface area contributed by atoms with Crippen molar-refractivity contribution in [1.29, 1.82) is 0 Å². The first kappa shape index (κ1) is 16.8. The molecule has 0 aliphatic carbocycles. The van der Waals surface area contributed by atoms with Crippen molar-refractivity contribution in [2.45, 2.75) is 52.1 Å². The van der Waals surface area contributed by atoms with E-state index in [4.69, 9.17) is 27.4 Å². The first-order chi connectivity index (χ1) is 9.58. The van der Waals surface area contributed by atoms with Gasteiger partial charge in [0.05, 0.1) is 18.8 Å². The fourth-order valence-corrected chi connectivity index (χ4v) is 2.23. The average Bonchev–Trinajstić information content (AvgIpc) is 2.43. The minimum absolute atomic E-state index is 0.145. The molecule has 0 amide bonds. The Morgan fingerprint density at radius 2 is 2.05 bits per heavy atom. The van der Waals surface area contributed by atoms with Crippen molar-refractivity contribution in [3.05, 3.63) is 23.8 Å². The van der Waals surface area contributed by atoms with Crippen LogP contribution < -0.4 is 15.2 Å². The summed E-state index contributed by atoms with van der Waals surface area (Å²) in [6, 6.07) is 5.53. The molecule has 0 radical (unpaired) electrons. The largest absolute Gasteiger partial charge is 0.497 e. The van der Waals surface area contributed by atoms with Crippen LogP contribution >= 0.6 is 12.2 Å². The number of methoxy groups -OCH3 is 1. The fourth-order valence-electron chi connectivity index (χ4n) is 2.06. The van der Waals surface area contributed by atoms with Gasteiger partial charge in [0.25, 0.3) is 0 Å². The number of thiocarbonyl (C=S) groups is 1. The number of ether oxygens (including phenoxy) is 2. The summed E-state index contributed by atoms with van der Waals surface area (Å²) in [6.45, 7) is 4.29. The summed E-state index contributed by atoms with van der Waals surface area (Å²) in [6.07, 6.45) is 6.15. The zero-order valence-electron chi connectivity index (χ0n) is 12.6. The Bertz CT molecular complexity index is 434. The van der Waals surface area contributed by atoms with Crippen LogP contribution in [0, 0.1) is 0 Å². The van der Waals surface area contributed by atoms with Crippen molar-refractivity contribution in [2.75, 3.05) is 7.11 Å². The standard InChI is InChI=1S/C16H25NO2S/c1-4-5-6-7-8-12(2)19-15-11-13(18-3)9-10-14(15)16(17)20/h9-12H,4-8H2,1-3H3,(H2,17,20). The number of benzene rings is 1. The molecule has 1 unspecified atom stereocenters. The van der Waals surface area contributed by atoms with Gasteiger partial charge in [-0.25, -0.2) is 0 Å². The van der Waals surface area contributed by atoms with Crippen molar-refractivity contribution >= 4 is 17.2 Å². The summed E-state index contributed by atoms with van der Waals surface area (Å²) in [5.74, 6) is 1.46. The van der Waals surface area contributed by atoms with Crippen LogP contribution in [-0.4, -0.2) is 18.2 Å². The van der Waals surface area contributed by atoms with Crippen LogP contribution in [0.4, 0.5) is 0 Å². The number of hydrogen-bond acceptors (Lipinski definition) is 3. The number of unbranched alkanes of at least 4 members (excludes halogenated alkanes) is 3. The second-order valence-electron chi connectivity index (χ2n) is 5.00. The minimum Gasteiger partial charge on any atom is -0.497 e. The van der Waals surface area contributed by atoms with Crippen LogP contribution in [0.3, 0.4) is 0 Å². The molecule has 0 aromatic heterocycles. The van der Waals surface area contributed by atoms with Crippen molar-refractivity contribution in [1.82, 2.24) is 0 Å². The molecule has 2 N–H and O–H groups in total. The van der Waals surface area contributed by atoms with Gasteiger partial charge in [0.2, 0.25) is 0 Å². The molecule has 3 nitrogen and oxygen atoms in total. The molecule has 0 saturated carbocycles. The minimum atomic E-state index is 0.145. The third kappa shape index (κ3) is 5.37. The first-order valence-electron chi connectivity index (χ1n) is 7.23. The quantitative estimate of drug-likeness (QED) is 0.551. The fraction of sp³-hybridized carbons (Fsp3) is 0.562. The highest BCUT2D eigenvalue weighted by molar-refractivity contribution is 7.80. The van der Waals surface area contributed by atoms with Crippen LogP contribution in [0.1, 0.15) is 51.5 Å². The molecule has 0 heterocycles. The second kappa shape index (κ2) is 8.80. The maximum atomic E-state index is 5.98. The van der Waals surface area contributed by atoms with Crippen molar-refractivity contribution in [2.24, 2.45) is 5.73 Å². The van der Waals surface area contributed by atoms with Gasteiger partial charge in [-0.15, -0.1) is 0 Å². The van der Waals surface area contributed by atoms with Gasteiger partial charge >= 0.3 is 0 Å². The Labute approximate surface area is 127 Å². The Morgan fingerprint density at radius 3 is 2.65 bits per heavy atom. The van der Waals surface area contributed by atoms with Gasteiger partial charge in [-0.1, -0.05) is 38.4 Å². The Hall–Kier alpha value is -1.29. The molecule has 1 aromatic carbocycles. The second-order valence-corrected chi connectivity index (χ2v) is 5.44. The molecular weight excluding hydrogens is 270 g/mol. The molecule has 1 aromatic rings. The molecule has 1 rings (SSSR count). The molecule has 0 fully saturated rings. The van der Waals surface area contributed by atoms with E-state index in [0.717, 1.165) is 17.7 Å². The van der Waals surface area contributed by atoms with Gasteiger partial charge < -0.3 is 15.2 Å². The van der Waals surface area contributed by atoms with E-state index >= 15 is 0 Å². The van der Waals surface area contributed by atoms with Crippen LogP contribution in [-0.2, 0) is 0 Å². The molecule has 0 aliphatic rings. The summed E-state index contributed by atoms with van der Waals surface area (Å²) < 4.78 is 11.2. The normalized spacial score (nSPS) is 11.9. The summed E-state index contributed by atoms with van der Waals surface area (Å²) in [5, 5.41) is 0. The number of nitrogens with two attached hydrogens (primary N) is 1. The van der Waals surface area contributed by atoms with Gasteiger partial charge in [0, 0.05) is 6.07 Å². The van der Waals surface area contributed by atoms with Gasteiger partial charge in [0.15, 0.2) is 0 Å². The van der Waals surface area contributed by atoms with E-state index < -0.39 is 0 Å². The van der Waals surface area contributed by atoms with Gasteiger partial charge in [-0.3, -0.25) is 0 Å². The topological polar surface area (TPSA) is 44.5 Å². The lowest BCUT2D eigenvalue weighted by Gasteiger charge is -2.18. The maximum absolute atomic E-state index is 5.98. The SMILES string of the molecule is CCCCCCC(C)Oc1cc(OC)ccc1C(N)=S. The van der Waals surface area contributed by atoms with E-state index in [2.05, 4.69) is 13.8 Å². The van der Waals surface area contributed by atoms with Crippen molar-refractivity contribution in [3.63, 3.8) is 0 Å². The lowest BCUT2D eigenvalue weighted by molar-refractivity contribution is 0.205. The summed E-state index contributed by atoms with van der Waals surface area (Å²) in [7, 11) is 1.63. The van der Waals surface area contributed by atoms with E-state index in [1.165, 1.54) is 25.7 Å². The molecule has 112 valence electrons. The molecule has 4 heteroatoms. The molecule has 0 spiro atoms. The zero-order chi connectivity index (χ0) is 15.0. The third-order valence-corrected chi connectivity index (χ3v) is 3.47. The Balaban J connectivity index is 2.66. The monoisotopic (exact) mass is 295 g/mol. The smallest absolute Gasteiger partial charge is 0.133 e. The molecule has 0 aliphatic heterocycles. The van der Waals surface area contributed by atoms with E-state index in [9.17, 15) is 0 Å². The molecule has 0 bridgehead atoms. The molecule has 1 atom stereocenters. The summed E-state index contributed by atoms with van der Waals surface area (Å²) in [5.41, 5.74) is 6.50. The van der Waals surface area contributed by atoms with E-state index in [1.807, 2.05) is 18.2 Å². The average molecular weight is 295 g/mol. The zero-order valence-corrected chi connectivity index (χ0v) is 13.5.